The van der Waals surface area contributed by atoms with Crippen LogP contribution in [-0.2, 0) is 0 Å². The fraction of sp³-hybridized carbons (Fsp3) is 0.571. The summed E-state index contributed by atoms with van der Waals surface area (Å²) in [5.74, 6) is 2.59. The van der Waals surface area contributed by atoms with Crippen molar-refractivity contribution >= 4 is 23.1 Å². The molecule has 2 N–H and O–H groups in total. The molecule has 96 valence electrons. The molecule has 2 saturated carbocycles. The van der Waals surface area contributed by atoms with Gasteiger partial charge in [0, 0.05) is 12.2 Å². The van der Waals surface area contributed by atoms with Crippen LogP contribution in [0.2, 0.25) is 0 Å². The molecule has 0 radical (unpaired) electrons. The maximum Gasteiger partial charge on any atom is 0.172 e. The summed E-state index contributed by atoms with van der Waals surface area (Å²) in [5, 5.41) is 7.33. The summed E-state index contributed by atoms with van der Waals surface area (Å²) in [5.41, 5.74) is 1.16. The van der Waals surface area contributed by atoms with Crippen molar-refractivity contribution in [2.75, 3.05) is 5.32 Å². The first-order chi connectivity index (χ1) is 8.70. The van der Waals surface area contributed by atoms with E-state index < -0.39 is 0 Å². The predicted octanol–water partition coefficient (Wildman–Crippen LogP) is 2.87. The number of thiocarbonyl (C=S) groups is 1. The van der Waals surface area contributed by atoms with Gasteiger partial charge in [0.15, 0.2) is 5.11 Å². The van der Waals surface area contributed by atoms with Crippen molar-refractivity contribution in [3.05, 3.63) is 23.9 Å². The SMILES string of the molecule is Cc1ccc(NC(=S)N[C@H]2C[C@@H]3CC[C@@H]2C3)nc1. The van der Waals surface area contributed by atoms with Crippen LogP contribution in [0, 0.1) is 18.8 Å². The third kappa shape index (κ3) is 2.48. The lowest BCUT2D eigenvalue weighted by Crippen LogP contribution is -2.40. The summed E-state index contributed by atoms with van der Waals surface area (Å²) in [4.78, 5) is 4.30. The van der Waals surface area contributed by atoms with Gasteiger partial charge in [-0.2, -0.15) is 0 Å². The summed E-state index contributed by atoms with van der Waals surface area (Å²) in [6.07, 6.45) is 7.32. The molecule has 1 aromatic heterocycles. The lowest BCUT2D eigenvalue weighted by molar-refractivity contribution is 0.392. The van der Waals surface area contributed by atoms with E-state index in [0.717, 1.165) is 23.2 Å². The van der Waals surface area contributed by atoms with Gasteiger partial charge in [-0.3, -0.25) is 0 Å². The Morgan fingerprint density at radius 2 is 2.22 bits per heavy atom. The van der Waals surface area contributed by atoms with Crippen molar-refractivity contribution in [3.63, 3.8) is 0 Å². The van der Waals surface area contributed by atoms with E-state index in [1.54, 1.807) is 0 Å². The molecule has 0 amide bonds. The molecule has 0 saturated heterocycles. The van der Waals surface area contributed by atoms with Crippen molar-refractivity contribution in [3.8, 4) is 0 Å². The van der Waals surface area contributed by atoms with Crippen LogP contribution in [0.15, 0.2) is 18.3 Å². The number of pyridine rings is 1. The fourth-order valence-corrected chi connectivity index (χ4v) is 3.54. The normalized spacial score (nSPS) is 29.3. The fourth-order valence-electron chi connectivity index (χ4n) is 3.28. The van der Waals surface area contributed by atoms with E-state index in [9.17, 15) is 0 Å². The highest BCUT2D eigenvalue weighted by molar-refractivity contribution is 7.80. The number of anilines is 1. The van der Waals surface area contributed by atoms with Gasteiger partial charge in [-0.1, -0.05) is 12.5 Å². The minimum atomic E-state index is 0.578. The van der Waals surface area contributed by atoms with Crippen LogP contribution < -0.4 is 10.6 Å². The molecule has 18 heavy (non-hydrogen) atoms. The number of fused-ring (bicyclic) bond motifs is 2. The highest BCUT2D eigenvalue weighted by Gasteiger charge is 2.39. The van der Waals surface area contributed by atoms with Crippen LogP contribution in [0.25, 0.3) is 0 Å². The number of hydrogen-bond acceptors (Lipinski definition) is 2. The second kappa shape index (κ2) is 4.84. The smallest absolute Gasteiger partial charge is 0.172 e. The Morgan fingerprint density at radius 1 is 1.33 bits per heavy atom. The minimum absolute atomic E-state index is 0.578. The van der Waals surface area contributed by atoms with Gasteiger partial charge in [0.1, 0.15) is 5.82 Å². The van der Waals surface area contributed by atoms with Crippen LogP contribution in [0.3, 0.4) is 0 Å². The second-order valence-electron chi connectivity index (χ2n) is 5.60. The van der Waals surface area contributed by atoms with Gasteiger partial charge < -0.3 is 10.6 Å². The number of nitrogens with zero attached hydrogens (tertiary/aromatic N) is 1. The van der Waals surface area contributed by atoms with Crippen molar-refractivity contribution in [1.29, 1.82) is 0 Å². The zero-order chi connectivity index (χ0) is 12.5. The molecule has 4 heteroatoms. The molecular weight excluding hydrogens is 242 g/mol. The van der Waals surface area contributed by atoms with E-state index in [1.807, 2.05) is 25.3 Å². The zero-order valence-corrected chi connectivity index (χ0v) is 11.5. The quantitative estimate of drug-likeness (QED) is 0.803. The number of aromatic nitrogens is 1. The summed E-state index contributed by atoms with van der Waals surface area (Å²) in [7, 11) is 0. The molecule has 0 spiro atoms. The van der Waals surface area contributed by atoms with Gasteiger partial charge in [-0.25, -0.2) is 4.98 Å². The van der Waals surface area contributed by atoms with Gasteiger partial charge in [-0.15, -0.1) is 0 Å². The largest absolute Gasteiger partial charge is 0.359 e. The molecule has 2 aliphatic carbocycles. The second-order valence-corrected chi connectivity index (χ2v) is 6.01. The molecule has 0 aromatic carbocycles. The van der Waals surface area contributed by atoms with Crippen LogP contribution >= 0.6 is 12.2 Å². The lowest BCUT2D eigenvalue weighted by atomic mass is 9.96. The molecule has 3 atom stereocenters. The number of nitrogens with one attached hydrogen (secondary N) is 2. The average Bonchev–Trinajstić information content (AvgIpc) is 2.94. The molecule has 2 bridgehead atoms. The van der Waals surface area contributed by atoms with Crippen molar-refractivity contribution < 1.29 is 0 Å². The lowest BCUT2D eigenvalue weighted by Gasteiger charge is -2.24. The number of rotatable bonds is 2. The monoisotopic (exact) mass is 261 g/mol. The van der Waals surface area contributed by atoms with Crippen molar-refractivity contribution in [2.45, 2.75) is 38.6 Å². The molecule has 3 rings (SSSR count). The summed E-state index contributed by atoms with van der Waals surface area (Å²) in [6.45, 7) is 2.03. The molecule has 2 aliphatic rings. The molecule has 2 fully saturated rings. The van der Waals surface area contributed by atoms with E-state index >= 15 is 0 Å². The van der Waals surface area contributed by atoms with E-state index in [2.05, 4.69) is 15.6 Å². The molecule has 1 heterocycles. The highest BCUT2D eigenvalue weighted by Crippen LogP contribution is 2.44. The topological polar surface area (TPSA) is 37.0 Å². The average molecular weight is 261 g/mol. The third-order valence-electron chi connectivity index (χ3n) is 4.21. The summed E-state index contributed by atoms with van der Waals surface area (Å²) in [6, 6.07) is 4.58. The first-order valence-corrected chi connectivity index (χ1v) is 7.12. The van der Waals surface area contributed by atoms with E-state index in [1.165, 1.54) is 25.7 Å². The summed E-state index contributed by atoms with van der Waals surface area (Å²) < 4.78 is 0. The maximum atomic E-state index is 5.36. The third-order valence-corrected chi connectivity index (χ3v) is 4.43. The summed E-state index contributed by atoms with van der Waals surface area (Å²) >= 11 is 5.36. The van der Waals surface area contributed by atoms with E-state index in [0.29, 0.717) is 11.2 Å². The van der Waals surface area contributed by atoms with Crippen LogP contribution in [-0.4, -0.2) is 16.1 Å². The highest BCUT2D eigenvalue weighted by atomic mass is 32.1. The van der Waals surface area contributed by atoms with Crippen molar-refractivity contribution in [1.82, 2.24) is 10.3 Å². The molecule has 0 unspecified atom stereocenters. The zero-order valence-electron chi connectivity index (χ0n) is 10.6. The van der Waals surface area contributed by atoms with E-state index in [4.69, 9.17) is 12.2 Å². The Bertz CT molecular complexity index is 443. The minimum Gasteiger partial charge on any atom is -0.359 e. The van der Waals surface area contributed by atoms with Gasteiger partial charge >= 0.3 is 0 Å². The predicted molar refractivity (Wildman–Crippen MR) is 77.6 cm³/mol. The Hall–Kier alpha value is -1.16. The van der Waals surface area contributed by atoms with Gasteiger partial charge in [0.2, 0.25) is 0 Å². The van der Waals surface area contributed by atoms with Crippen LogP contribution in [0.1, 0.15) is 31.2 Å². The maximum absolute atomic E-state index is 5.36. The Morgan fingerprint density at radius 3 is 2.83 bits per heavy atom. The van der Waals surface area contributed by atoms with Gasteiger partial charge in [0.25, 0.3) is 0 Å². The van der Waals surface area contributed by atoms with Crippen LogP contribution in [0.4, 0.5) is 5.82 Å². The number of aryl methyl sites for hydroxylation is 1. The molecule has 1 aromatic rings. The Balaban J connectivity index is 1.54. The van der Waals surface area contributed by atoms with Crippen LogP contribution in [0.5, 0.6) is 0 Å². The number of hydrogen-bond donors (Lipinski definition) is 2. The Kier molecular flexibility index (Phi) is 3.20. The first kappa shape index (κ1) is 11.9. The van der Waals surface area contributed by atoms with Crippen molar-refractivity contribution in [2.24, 2.45) is 11.8 Å². The first-order valence-electron chi connectivity index (χ1n) is 6.71. The molecular formula is C14H19N3S. The van der Waals surface area contributed by atoms with E-state index in [-0.39, 0.29) is 0 Å². The van der Waals surface area contributed by atoms with Gasteiger partial charge in [-0.05, 0) is 61.9 Å². The molecule has 0 aliphatic heterocycles. The standard InChI is InChI=1S/C14H19N3S/c1-9-2-5-13(15-8-9)17-14(18)16-12-7-10-3-4-11(12)6-10/h2,5,8,10-12H,3-4,6-7H2,1H3,(H2,15,16,17,18)/t10-,11-,12+/m1/s1. The molecule has 3 nitrogen and oxygen atoms in total. The Labute approximate surface area is 113 Å². The van der Waals surface area contributed by atoms with Gasteiger partial charge in [0.05, 0.1) is 0 Å².